The largest absolute Gasteiger partial charge is 0.338 e. The quantitative estimate of drug-likeness (QED) is 0.157. The first-order valence-electron chi connectivity index (χ1n) is 15.6. The second-order valence-electron chi connectivity index (χ2n) is 11.7. The first kappa shape index (κ1) is 30.7. The number of hydrogen-bond acceptors (Lipinski definition) is 6. The van der Waals surface area contributed by atoms with E-state index in [9.17, 15) is 9.59 Å². The van der Waals surface area contributed by atoms with Crippen molar-refractivity contribution in [2.45, 2.75) is 111 Å². The van der Waals surface area contributed by atoms with Gasteiger partial charge in [-0.25, -0.2) is 9.59 Å². The fourth-order valence-electron chi connectivity index (χ4n) is 6.61. The van der Waals surface area contributed by atoms with Gasteiger partial charge < -0.3 is 9.68 Å². The van der Waals surface area contributed by atoms with Crippen LogP contribution in [0.4, 0.5) is 0 Å². The molecule has 41 heavy (non-hydrogen) atoms. The molecule has 0 aromatic heterocycles. The van der Waals surface area contributed by atoms with Gasteiger partial charge >= 0.3 is 11.9 Å². The van der Waals surface area contributed by atoms with Crippen LogP contribution in [0.3, 0.4) is 0 Å². The van der Waals surface area contributed by atoms with Crippen molar-refractivity contribution in [2.75, 3.05) is 0 Å². The third-order valence-electron chi connectivity index (χ3n) is 9.35. The van der Waals surface area contributed by atoms with Crippen LogP contribution in [0, 0.1) is 11.8 Å². The van der Waals surface area contributed by atoms with Gasteiger partial charge in [-0.05, 0) is 97.9 Å². The van der Waals surface area contributed by atoms with Gasteiger partial charge in [-0.2, -0.15) is 0 Å². The molecule has 1 fully saturated rings. The Bertz CT molecular complexity index is 1230. The Labute approximate surface area is 245 Å². The van der Waals surface area contributed by atoms with Gasteiger partial charge in [-0.3, -0.25) is 0 Å². The van der Waals surface area contributed by atoms with Crippen molar-refractivity contribution in [2.24, 2.45) is 22.1 Å². The molecular weight excluding hydrogens is 512 g/mol. The number of fused-ring (bicyclic) bond motifs is 3. The molecular formula is C35H46N2O4. The van der Waals surface area contributed by atoms with Crippen LogP contribution in [-0.2, 0) is 24.7 Å². The molecule has 1 saturated carbocycles. The fraction of sp³-hybridized carbons (Fsp3) is 0.543. The molecule has 1 unspecified atom stereocenters. The van der Waals surface area contributed by atoms with Crippen LogP contribution in [0.5, 0.6) is 0 Å². The number of carbonyl (C=O) groups excluding carboxylic acids is 2. The molecule has 1 atom stereocenters. The van der Waals surface area contributed by atoms with Crippen molar-refractivity contribution in [3.63, 3.8) is 0 Å². The molecule has 0 aliphatic heterocycles. The minimum atomic E-state index is -0.257. The molecule has 0 radical (unpaired) electrons. The molecule has 220 valence electrons. The van der Waals surface area contributed by atoms with Crippen LogP contribution >= 0.6 is 0 Å². The highest BCUT2D eigenvalue weighted by atomic mass is 16.7. The van der Waals surface area contributed by atoms with Crippen molar-refractivity contribution in [1.29, 1.82) is 0 Å². The first-order chi connectivity index (χ1) is 19.8. The molecule has 0 heterocycles. The van der Waals surface area contributed by atoms with Crippen LogP contribution in [0.15, 0.2) is 46.7 Å². The molecule has 2 aliphatic rings. The molecule has 6 heteroatoms. The highest BCUT2D eigenvalue weighted by Gasteiger charge is 2.41. The fourth-order valence-corrected chi connectivity index (χ4v) is 6.61. The second kappa shape index (κ2) is 13.6. The number of hydrogen-bond donors (Lipinski definition) is 0. The van der Waals surface area contributed by atoms with E-state index in [4.69, 9.17) is 9.68 Å². The summed E-state index contributed by atoms with van der Waals surface area (Å²) in [6, 6.07) is 12.9. The molecule has 0 saturated heterocycles. The molecule has 0 amide bonds. The van der Waals surface area contributed by atoms with Gasteiger partial charge in [-0.1, -0.05) is 88.0 Å². The van der Waals surface area contributed by atoms with E-state index in [0.29, 0.717) is 11.4 Å². The van der Waals surface area contributed by atoms with Crippen molar-refractivity contribution < 1.29 is 19.3 Å². The Morgan fingerprint density at radius 2 is 1.37 bits per heavy atom. The van der Waals surface area contributed by atoms with E-state index in [1.807, 2.05) is 20.8 Å². The zero-order valence-electron chi connectivity index (χ0n) is 25.7. The summed E-state index contributed by atoms with van der Waals surface area (Å²) in [6.07, 6.45) is 9.53. The van der Waals surface area contributed by atoms with Crippen molar-refractivity contribution >= 4 is 23.4 Å². The van der Waals surface area contributed by atoms with Crippen LogP contribution in [0.1, 0.15) is 128 Å². The molecule has 4 rings (SSSR count). The number of benzene rings is 2. The van der Waals surface area contributed by atoms with Gasteiger partial charge in [0.05, 0.1) is 23.3 Å². The van der Waals surface area contributed by atoms with Gasteiger partial charge in [0.25, 0.3) is 0 Å². The lowest BCUT2D eigenvalue weighted by molar-refractivity contribution is -0.150. The third-order valence-corrected chi connectivity index (χ3v) is 9.35. The predicted molar refractivity (Wildman–Crippen MR) is 165 cm³/mol. The maximum atomic E-state index is 12.5. The summed E-state index contributed by atoms with van der Waals surface area (Å²) in [5.41, 5.74) is 8.11. The minimum Gasteiger partial charge on any atom is -0.318 e. The van der Waals surface area contributed by atoms with Crippen molar-refractivity contribution in [3.8, 4) is 11.1 Å². The van der Waals surface area contributed by atoms with Crippen LogP contribution in [-0.4, -0.2) is 23.4 Å². The molecule has 0 spiro atoms. The smallest absolute Gasteiger partial charge is 0.318 e. The molecule has 2 aliphatic carbocycles. The summed E-state index contributed by atoms with van der Waals surface area (Å²) in [7, 11) is 0. The second-order valence-corrected chi connectivity index (χ2v) is 11.7. The minimum absolute atomic E-state index is 0.0308. The summed E-state index contributed by atoms with van der Waals surface area (Å²) in [4.78, 5) is 35.8. The Morgan fingerprint density at radius 1 is 0.829 bits per heavy atom. The van der Waals surface area contributed by atoms with E-state index in [2.05, 4.69) is 67.5 Å². The summed E-state index contributed by atoms with van der Waals surface area (Å²) in [5, 5.41) is 8.49. The standard InChI is InChI=1S/C35H46N2O4/c1-7-14-25(8-2)33(38)40-36-23(5)27-17-19-29-30-20-18-28(22-32(30)35(9-3,10-4)31(29)21-27)24(6)37-41-34(39)26-15-12-11-13-16-26/h17-22,25-26H,7-16H2,1-6H3/b36-23+,37-24+. The SMILES string of the molecule is CCCC(CC)C(=O)O/N=C(\C)c1ccc2c(c1)C(CC)(CC)c1cc(/C(C)=N/OC(=O)C3CCCCC3)ccc1-2. The van der Waals surface area contributed by atoms with E-state index in [0.717, 1.165) is 68.9 Å². The van der Waals surface area contributed by atoms with Crippen LogP contribution in [0.25, 0.3) is 11.1 Å². The normalized spacial score (nSPS) is 17.5. The maximum Gasteiger partial charge on any atom is 0.338 e. The topological polar surface area (TPSA) is 77.3 Å². The predicted octanol–water partition coefficient (Wildman–Crippen LogP) is 8.71. The monoisotopic (exact) mass is 558 g/mol. The van der Waals surface area contributed by atoms with E-state index in [-0.39, 0.29) is 29.2 Å². The average Bonchev–Trinajstić information content (AvgIpc) is 3.29. The number of rotatable bonds is 11. The Kier molecular flexibility index (Phi) is 10.2. The van der Waals surface area contributed by atoms with Gasteiger partial charge in [0.1, 0.15) is 0 Å². The van der Waals surface area contributed by atoms with E-state index < -0.39 is 0 Å². The Balaban J connectivity index is 1.60. The summed E-state index contributed by atoms with van der Waals surface area (Å²) < 4.78 is 0. The van der Waals surface area contributed by atoms with E-state index >= 15 is 0 Å². The zero-order chi connectivity index (χ0) is 29.6. The first-order valence-corrected chi connectivity index (χ1v) is 15.6. The average molecular weight is 559 g/mol. The lowest BCUT2D eigenvalue weighted by Gasteiger charge is -2.30. The molecule has 2 aromatic carbocycles. The lowest BCUT2D eigenvalue weighted by Crippen LogP contribution is -2.24. The van der Waals surface area contributed by atoms with E-state index in [1.165, 1.54) is 28.7 Å². The number of nitrogens with zero attached hydrogens (tertiary/aromatic N) is 2. The molecule has 0 bridgehead atoms. The van der Waals surface area contributed by atoms with Gasteiger partial charge in [0.2, 0.25) is 0 Å². The summed E-state index contributed by atoms with van der Waals surface area (Å²) in [6.45, 7) is 12.3. The number of carbonyl (C=O) groups is 2. The van der Waals surface area contributed by atoms with E-state index in [1.54, 1.807) is 0 Å². The van der Waals surface area contributed by atoms with Crippen molar-refractivity contribution in [1.82, 2.24) is 0 Å². The lowest BCUT2D eigenvalue weighted by atomic mass is 9.73. The Morgan fingerprint density at radius 3 is 1.85 bits per heavy atom. The summed E-state index contributed by atoms with van der Waals surface area (Å²) in [5.74, 6) is -0.611. The Hall–Kier alpha value is -3.28. The highest BCUT2D eigenvalue weighted by Crippen LogP contribution is 2.53. The zero-order valence-corrected chi connectivity index (χ0v) is 25.7. The third kappa shape index (κ3) is 6.32. The van der Waals surface area contributed by atoms with Gasteiger partial charge in [0, 0.05) is 5.41 Å². The maximum absolute atomic E-state index is 12.5. The molecule has 2 aromatic rings. The molecule has 0 N–H and O–H groups in total. The number of oxime groups is 2. The van der Waals surface area contributed by atoms with Crippen molar-refractivity contribution in [3.05, 3.63) is 58.7 Å². The van der Waals surface area contributed by atoms with Gasteiger partial charge in [-0.15, -0.1) is 0 Å². The highest BCUT2D eigenvalue weighted by molar-refractivity contribution is 6.02. The van der Waals surface area contributed by atoms with Gasteiger partial charge in [0.15, 0.2) is 0 Å². The van der Waals surface area contributed by atoms with Crippen LogP contribution in [0.2, 0.25) is 0 Å². The molecule has 6 nitrogen and oxygen atoms in total. The van der Waals surface area contributed by atoms with Crippen LogP contribution < -0.4 is 0 Å². The summed E-state index contributed by atoms with van der Waals surface area (Å²) >= 11 is 0.